The second kappa shape index (κ2) is 9.45. The molecule has 1 aliphatic heterocycles. The van der Waals surface area contributed by atoms with Crippen LogP contribution in [0.1, 0.15) is 30.0 Å². The molecule has 0 radical (unpaired) electrons. The van der Waals surface area contributed by atoms with E-state index in [0.717, 1.165) is 38.7 Å². The quantitative estimate of drug-likeness (QED) is 0.540. The van der Waals surface area contributed by atoms with Gasteiger partial charge < -0.3 is 19.1 Å². The van der Waals surface area contributed by atoms with Gasteiger partial charge in [0.15, 0.2) is 11.5 Å². The molecular formula is C23H26N2O4S. The summed E-state index contributed by atoms with van der Waals surface area (Å²) in [6, 6.07) is 12.1. The van der Waals surface area contributed by atoms with Crippen LogP contribution in [-0.2, 0) is 29.1 Å². The highest BCUT2D eigenvalue weighted by Gasteiger charge is 2.23. The van der Waals surface area contributed by atoms with Gasteiger partial charge in [0.1, 0.15) is 11.6 Å². The molecule has 1 aromatic heterocycles. The molecule has 0 saturated carbocycles. The number of carbonyl (C=O) groups excluding carboxylic acids is 1. The third-order valence-corrected chi connectivity index (χ3v) is 6.03. The number of carbonyl (C=O) groups is 1. The fourth-order valence-corrected chi connectivity index (χ4v) is 4.52. The minimum atomic E-state index is -0.00592. The molecule has 0 fully saturated rings. The first-order chi connectivity index (χ1) is 14.7. The average molecular weight is 427 g/mol. The molecule has 7 heteroatoms. The van der Waals surface area contributed by atoms with Crippen LogP contribution in [0.3, 0.4) is 0 Å². The van der Waals surface area contributed by atoms with Crippen molar-refractivity contribution in [3.63, 3.8) is 0 Å². The molecule has 0 saturated heterocycles. The fraction of sp³-hybridized carbons (Fsp3) is 0.391. The normalized spacial score (nSPS) is 13.3. The topological polar surface area (TPSA) is 60.9 Å². The SMILES string of the molecule is CCOc1cc2c(cc1OCC)CN(C(=O)COCc1nc3ccccc3s1)CC2. The first-order valence-corrected chi connectivity index (χ1v) is 11.1. The summed E-state index contributed by atoms with van der Waals surface area (Å²) in [5.74, 6) is 1.50. The van der Waals surface area contributed by atoms with E-state index >= 15 is 0 Å². The summed E-state index contributed by atoms with van der Waals surface area (Å²) < 4.78 is 18.3. The van der Waals surface area contributed by atoms with Crippen molar-refractivity contribution in [3.05, 3.63) is 52.5 Å². The van der Waals surface area contributed by atoms with Gasteiger partial charge in [-0.15, -0.1) is 11.3 Å². The molecule has 1 amide bonds. The number of fused-ring (bicyclic) bond motifs is 2. The molecule has 30 heavy (non-hydrogen) atoms. The smallest absolute Gasteiger partial charge is 0.248 e. The Labute approximate surface area is 180 Å². The number of ether oxygens (including phenoxy) is 3. The van der Waals surface area contributed by atoms with Crippen LogP contribution >= 0.6 is 11.3 Å². The summed E-state index contributed by atoms with van der Waals surface area (Å²) in [5.41, 5.74) is 3.28. The van der Waals surface area contributed by atoms with Gasteiger partial charge in [0.25, 0.3) is 0 Å². The lowest BCUT2D eigenvalue weighted by molar-refractivity contribution is -0.137. The third-order valence-electron chi connectivity index (χ3n) is 5.02. The summed E-state index contributed by atoms with van der Waals surface area (Å²) >= 11 is 1.60. The van der Waals surface area contributed by atoms with Gasteiger partial charge in [-0.3, -0.25) is 4.79 Å². The van der Waals surface area contributed by atoms with Gasteiger partial charge in [0.2, 0.25) is 5.91 Å². The Balaban J connectivity index is 1.36. The first kappa shape index (κ1) is 20.6. The maximum atomic E-state index is 12.7. The summed E-state index contributed by atoms with van der Waals surface area (Å²) in [6.45, 7) is 6.72. The number of hydrogen-bond acceptors (Lipinski definition) is 6. The van der Waals surface area contributed by atoms with E-state index in [1.54, 1.807) is 11.3 Å². The van der Waals surface area contributed by atoms with Crippen molar-refractivity contribution in [1.82, 2.24) is 9.88 Å². The number of benzene rings is 2. The lowest BCUT2D eigenvalue weighted by atomic mass is 9.98. The van der Waals surface area contributed by atoms with Crippen molar-refractivity contribution in [2.24, 2.45) is 0 Å². The summed E-state index contributed by atoms with van der Waals surface area (Å²) in [5, 5.41) is 0.887. The molecule has 4 rings (SSSR count). The van der Waals surface area contributed by atoms with Gasteiger partial charge in [-0.05, 0) is 55.7 Å². The average Bonchev–Trinajstić information content (AvgIpc) is 3.17. The Bertz CT molecular complexity index is 1000. The zero-order valence-corrected chi connectivity index (χ0v) is 18.2. The Morgan fingerprint density at radius 3 is 2.57 bits per heavy atom. The van der Waals surface area contributed by atoms with Crippen LogP contribution in [0.15, 0.2) is 36.4 Å². The van der Waals surface area contributed by atoms with Crippen LogP contribution in [0, 0.1) is 0 Å². The Morgan fingerprint density at radius 2 is 1.83 bits per heavy atom. The van der Waals surface area contributed by atoms with E-state index < -0.39 is 0 Å². The largest absolute Gasteiger partial charge is 0.490 e. The molecular weight excluding hydrogens is 400 g/mol. The van der Waals surface area contributed by atoms with Crippen LogP contribution in [-0.4, -0.2) is 42.2 Å². The van der Waals surface area contributed by atoms with Crippen molar-refractivity contribution >= 4 is 27.5 Å². The second-order valence-corrected chi connectivity index (χ2v) is 8.18. The van der Waals surface area contributed by atoms with E-state index in [1.165, 1.54) is 5.56 Å². The van der Waals surface area contributed by atoms with Crippen molar-refractivity contribution in [2.45, 2.75) is 33.4 Å². The Morgan fingerprint density at radius 1 is 1.10 bits per heavy atom. The van der Waals surface area contributed by atoms with Gasteiger partial charge in [-0.2, -0.15) is 0 Å². The number of amides is 1. The van der Waals surface area contributed by atoms with E-state index in [1.807, 2.05) is 49.1 Å². The minimum absolute atomic E-state index is 0.00592. The highest BCUT2D eigenvalue weighted by Crippen LogP contribution is 2.34. The van der Waals surface area contributed by atoms with Gasteiger partial charge in [-0.1, -0.05) is 12.1 Å². The predicted octanol–water partition coefficient (Wildman–Crippen LogP) is 4.20. The molecule has 0 N–H and O–H groups in total. The van der Waals surface area contributed by atoms with Crippen molar-refractivity contribution in [1.29, 1.82) is 0 Å². The van der Waals surface area contributed by atoms with Crippen LogP contribution in [0.2, 0.25) is 0 Å². The molecule has 158 valence electrons. The summed E-state index contributed by atoms with van der Waals surface area (Å²) in [7, 11) is 0. The van der Waals surface area contributed by atoms with E-state index in [9.17, 15) is 4.79 Å². The molecule has 1 aliphatic rings. The van der Waals surface area contributed by atoms with Crippen LogP contribution in [0.25, 0.3) is 10.2 Å². The Hall–Kier alpha value is -2.64. The molecule has 0 unspecified atom stereocenters. The highest BCUT2D eigenvalue weighted by atomic mass is 32.1. The molecule has 0 atom stereocenters. The van der Waals surface area contributed by atoms with Gasteiger partial charge in [-0.25, -0.2) is 4.98 Å². The van der Waals surface area contributed by atoms with E-state index in [0.29, 0.717) is 32.9 Å². The number of hydrogen-bond donors (Lipinski definition) is 0. The van der Waals surface area contributed by atoms with Crippen molar-refractivity contribution in [2.75, 3.05) is 26.4 Å². The molecule has 2 aromatic carbocycles. The number of nitrogens with zero attached hydrogens (tertiary/aromatic N) is 2. The van der Waals surface area contributed by atoms with Crippen LogP contribution in [0.5, 0.6) is 11.5 Å². The minimum Gasteiger partial charge on any atom is -0.490 e. The van der Waals surface area contributed by atoms with Gasteiger partial charge in [0, 0.05) is 13.1 Å². The molecule has 0 aliphatic carbocycles. The second-order valence-electron chi connectivity index (χ2n) is 7.07. The van der Waals surface area contributed by atoms with Gasteiger partial charge >= 0.3 is 0 Å². The van der Waals surface area contributed by atoms with Gasteiger partial charge in [0.05, 0.1) is 30.0 Å². The number of para-hydroxylation sites is 1. The van der Waals surface area contributed by atoms with Crippen LogP contribution < -0.4 is 9.47 Å². The van der Waals surface area contributed by atoms with E-state index in [2.05, 4.69) is 11.1 Å². The lowest BCUT2D eigenvalue weighted by Gasteiger charge is -2.29. The number of aromatic nitrogens is 1. The summed E-state index contributed by atoms with van der Waals surface area (Å²) in [6.07, 6.45) is 0.797. The monoisotopic (exact) mass is 426 g/mol. The highest BCUT2D eigenvalue weighted by molar-refractivity contribution is 7.18. The Kier molecular flexibility index (Phi) is 6.50. The fourth-order valence-electron chi connectivity index (χ4n) is 3.61. The predicted molar refractivity (Wildman–Crippen MR) is 117 cm³/mol. The first-order valence-electron chi connectivity index (χ1n) is 10.3. The van der Waals surface area contributed by atoms with Crippen LogP contribution in [0.4, 0.5) is 0 Å². The molecule has 0 spiro atoms. The zero-order chi connectivity index (χ0) is 20.9. The zero-order valence-electron chi connectivity index (χ0n) is 17.3. The van der Waals surface area contributed by atoms with E-state index in [-0.39, 0.29) is 12.5 Å². The standard InChI is InChI=1S/C23H26N2O4S/c1-3-28-19-11-16-9-10-25(13-17(16)12-20(19)29-4-2)23(26)15-27-14-22-24-18-7-5-6-8-21(18)30-22/h5-8,11-12H,3-4,9-10,13-15H2,1-2H3. The third kappa shape index (κ3) is 4.57. The maximum Gasteiger partial charge on any atom is 0.248 e. The van der Waals surface area contributed by atoms with Crippen molar-refractivity contribution < 1.29 is 19.0 Å². The molecule has 0 bridgehead atoms. The van der Waals surface area contributed by atoms with Crippen molar-refractivity contribution in [3.8, 4) is 11.5 Å². The molecule has 6 nitrogen and oxygen atoms in total. The number of rotatable bonds is 8. The molecule has 3 aromatic rings. The molecule has 2 heterocycles. The van der Waals surface area contributed by atoms with E-state index in [4.69, 9.17) is 14.2 Å². The number of thiazole rings is 1. The lowest BCUT2D eigenvalue weighted by Crippen LogP contribution is -2.38. The maximum absolute atomic E-state index is 12.7. The summed E-state index contributed by atoms with van der Waals surface area (Å²) in [4.78, 5) is 19.1.